The van der Waals surface area contributed by atoms with E-state index in [-0.39, 0.29) is 5.88 Å². The largest absolute Gasteiger partial charge is 0.294 e. The Hall–Kier alpha value is -2.02. The van der Waals surface area contributed by atoms with Gasteiger partial charge in [-0.25, -0.2) is 4.98 Å². The maximum Gasteiger partial charge on any atom is 0.129 e. The number of halogens is 2. The van der Waals surface area contributed by atoms with E-state index in [0.29, 0.717) is 16.4 Å². The van der Waals surface area contributed by atoms with Gasteiger partial charge in [0.25, 0.3) is 0 Å². The van der Waals surface area contributed by atoms with Crippen molar-refractivity contribution < 1.29 is 0 Å². The minimum absolute atomic E-state index is 0.255. The topological polar surface area (TPSA) is 41.6 Å². The highest BCUT2D eigenvalue weighted by Crippen LogP contribution is 2.28. The Labute approximate surface area is 132 Å². The zero-order valence-electron chi connectivity index (χ0n) is 11.3. The van der Waals surface area contributed by atoms with Gasteiger partial charge in [-0.3, -0.25) is 4.57 Å². The molecule has 3 aromatic rings. The molecule has 1 heterocycles. The van der Waals surface area contributed by atoms with Crippen LogP contribution in [0.3, 0.4) is 0 Å². The van der Waals surface area contributed by atoms with Crippen LogP contribution in [0.2, 0.25) is 5.02 Å². The summed E-state index contributed by atoms with van der Waals surface area (Å²) in [6, 6.07) is 13.5. The first-order valence-electron chi connectivity index (χ1n) is 6.38. The molecule has 1 aromatic heterocycles. The summed E-state index contributed by atoms with van der Waals surface area (Å²) in [6.45, 7) is 1.91. The van der Waals surface area contributed by atoms with E-state index >= 15 is 0 Å². The molecule has 3 nitrogen and oxygen atoms in total. The van der Waals surface area contributed by atoms with E-state index in [1.807, 2.05) is 41.8 Å². The van der Waals surface area contributed by atoms with Crippen LogP contribution in [0.4, 0.5) is 0 Å². The van der Waals surface area contributed by atoms with Gasteiger partial charge in [0, 0.05) is 5.02 Å². The third-order valence-corrected chi connectivity index (χ3v) is 3.88. The molecule has 0 saturated heterocycles. The van der Waals surface area contributed by atoms with Crippen LogP contribution in [0.1, 0.15) is 17.0 Å². The number of nitrogens with zero attached hydrogens (tertiary/aromatic N) is 3. The first-order valence-corrected chi connectivity index (χ1v) is 7.30. The van der Waals surface area contributed by atoms with E-state index in [9.17, 15) is 5.26 Å². The van der Waals surface area contributed by atoms with E-state index in [0.717, 1.165) is 22.3 Å². The molecule has 0 amide bonds. The molecule has 5 heteroatoms. The molecule has 0 unspecified atom stereocenters. The first-order chi connectivity index (χ1) is 10.2. The van der Waals surface area contributed by atoms with Gasteiger partial charge in [0.1, 0.15) is 11.9 Å². The van der Waals surface area contributed by atoms with Crippen molar-refractivity contribution in [3.8, 4) is 11.8 Å². The second-order valence-corrected chi connectivity index (χ2v) is 5.41. The number of rotatable bonds is 2. The fraction of sp³-hybridized carbons (Fsp3) is 0.125. The van der Waals surface area contributed by atoms with Crippen molar-refractivity contribution in [2.75, 3.05) is 0 Å². The standard InChI is InChI=1S/C16H11Cl2N3/c1-10-3-2-4-14(12(10)9-19)21-15-7-11(18)5-6-13(15)20-16(21)8-17/h2-7H,8H2,1H3. The van der Waals surface area contributed by atoms with Crippen molar-refractivity contribution in [3.05, 3.63) is 58.4 Å². The van der Waals surface area contributed by atoms with Gasteiger partial charge < -0.3 is 0 Å². The lowest BCUT2D eigenvalue weighted by molar-refractivity contribution is 0.976. The molecule has 0 atom stereocenters. The Morgan fingerprint density at radius 2 is 2.10 bits per heavy atom. The second-order valence-electron chi connectivity index (χ2n) is 4.71. The van der Waals surface area contributed by atoms with Crippen LogP contribution in [0, 0.1) is 18.3 Å². The number of aryl methyl sites for hydroxylation is 1. The average molecular weight is 316 g/mol. The van der Waals surface area contributed by atoms with Crippen LogP contribution in [-0.4, -0.2) is 9.55 Å². The minimum Gasteiger partial charge on any atom is -0.294 e. The molecule has 2 aromatic carbocycles. The molecule has 0 aliphatic carbocycles. The Balaban J connectivity index is 2.42. The highest BCUT2D eigenvalue weighted by molar-refractivity contribution is 6.31. The average Bonchev–Trinajstić information content (AvgIpc) is 2.84. The number of hydrogen-bond acceptors (Lipinski definition) is 2. The molecular formula is C16H11Cl2N3. The summed E-state index contributed by atoms with van der Waals surface area (Å²) in [6.07, 6.45) is 0. The monoisotopic (exact) mass is 315 g/mol. The second kappa shape index (κ2) is 5.40. The molecular weight excluding hydrogens is 305 g/mol. The summed E-state index contributed by atoms with van der Waals surface area (Å²) < 4.78 is 1.90. The van der Waals surface area contributed by atoms with Crippen molar-refractivity contribution >= 4 is 34.2 Å². The summed E-state index contributed by atoms with van der Waals surface area (Å²) in [5.74, 6) is 0.946. The first kappa shape index (κ1) is 13.9. The summed E-state index contributed by atoms with van der Waals surface area (Å²) in [7, 11) is 0. The van der Waals surface area contributed by atoms with Crippen molar-refractivity contribution in [2.45, 2.75) is 12.8 Å². The van der Waals surface area contributed by atoms with Crippen molar-refractivity contribution in [3.63, 3.8) is 0 Å². The van der Waals surface area contributed by atoms with Crippen LogP contribution >= 0.6 is 23.2 Å². The van der Waals surface area contributed by atoms with Gasteiger partial charge in [0.15, 0.2) is 0 Å². The Morgan fingerprint density at radius 1 is 1.29 bits per heavy atom. The maximum atomic E-state index is 9.45. The van der Waals surface area contributed by atoms with Crippen LogP contribution in [0.5, 0.6) is 0 Å². The maximum absolute atomic E-state index is 9.45. The van der Waals surface area contributed by atoms with Gasteiger partial charge in [-0.1, -0.05) is 23.7 Å². The van der Waals surface area contributed by atoms with Gasteiger partial charge in [-0.2, -0.15) is 5.26 Å². The fourth-order valence-corrected chi connectivity index (χ4v) is 2.79. The lowest BCUT2D eigenvalue weighted by Gasteiger charge is -2.11. The highest BCUT2D eigenvalue weighted by Gasteiger charge is 2.15. The van der Waals surface area contributed by atoms with Gasteiger partial charge in [-0.05, 0) is 36.8 Å². The SMILES string of the molecule is Cc1cccc(-n2c(CCl)nc3ccc(Cl)cc32)c1C#N. The molecule has 104 valence electrons. The van der Waals surface area contributed by atoms with Gasteiger partial charge >= 0.3 is 0 Å². The van der Waals surface area contributed by atoms with E-state index in [1.165, 1.54) is 0 Å². The summed E-state index contributed by atoms with van der Waals surface area (Å²) in [5.41, 5.74) is 3.96. The van der Waals surface area contributed by atoms with E-state index in [2.05, 4.69) is 11.1 Å². The highest BCUT2D eigenvalue weighted by atomic mass is 35.5. The molecule has 21 heavy (non-hydrogen) atoms. The fourth-order valence-electron chi connectivity index (χ4n) is 2.44. The quantitative estimate of drug-likeness (QED) is 0.648. The Morgan fingerprint density at radius 3 is 2.81 bits per heavy atom. The van der Waals surface area contributed by atoms with Crippen LogP contribution < -0.4 is 0 Å². The van der Waals surface area contributed by atoms with Gasteiger partial charge in [-0.15, -0.1) is 11.6 Å². The third-order valence-electron chi connectivity index (χ3n) is 3.41. The zero-order chi connectivity index (χ0) is 15.0. The molecule has 0 spiro atoms. The number of hydrogen-bond donors (Lipinski definition) is 0. The van der Waals surface area contributed by atoms with Crippen LogP contribution in [0.25, 0.3) is 16.7 Å². The molecule has 0 N–H and O–H groups in total. The van der Waals surface area contributed by atoms with Gasteiger partial charge in [0.2, 0.25) is 0 Å². The minimum atomic E-state index is 0.255. The molecule has 3 rings (SSSR count). The van der Waals surface area contributed by atoms with Gasteiger partial charge in [0.05, 0.1) is 28.2 Å². The molecule has 0 radical (unpaired) electrons. The summed E-state index contributed by atoms with van der Waals surface area (Å²) >= 11 is 12.1. The van der Waals surface area contributed by atoms with Crippen LogP contribution in [-0.2, 0) is 5.88 Å². The predicted octanol–water partition coefficient (Wildman–Crippen LogP) is 4.60. The lowest BCUT2D eigenvalue weighted by atomic mass is 10.1. The number of aromatic nitrogens is 2. The zero-order valence-corrected chi connectivity index (χ0v) is 12.8. The molecule has 0 fully saturated rings. The summed E-state index contributed by atoms with van der Waals surface area (Å²) in [5, 5.41) is 10.1. The normalized spacial score (nSPS) is 10.8. The smallest absolute Gasteiger partial charge is 0.129 e. The molecule has 0 saturated carbocycles. The number of alkyl halides is 1. The number of imidazole rings is 1. The van der Waals surface area contributed by atoms with E-state index in [4.69, 9.17) is 23.2 Å². The third kappa shape index (κ3) is 2.27. The predicted molar refractivity (Wildman–Crippen MR) is 85.1 cm³/mol. The van der Waals surface area contributed by atoms with Crippen LogP contribution in [0.15, 0.2) is 36.4 Å². The van der Waals surface area contributed by atoms with Crippen molar-refractivity contribution in [2.24, 2.45) is 0 Å². The molecule has 0 aliphatic heterocycles. The van der Waals surface area contributed by atoms with E-state index < -0.39 is 0 Å². The molecule has 0 aliphatic rings. The number of fused-ring (bicyclic) bond motifs is 1. The summed E-state index contributed by atoms with van der Waals surface area (Å²) in [4.78, 5) is 4.52. The molecule has 0 bridgehead atoms. The van der Waals surface area contributed by atoms with E-state index in [1.54, 1.807) is 6.07 Å². The lowest BCUT2D eigenvalue weighted by Crippen LogP contribution is -2.03. The Bertz CT molecular complexity index is 875. The van der Waals surface area contributed by atoms with Crippen molar-refractivity contribution in [1.29, 1.82) is 5.26 Å². The Kier molecular flexibility index (Phi) is 3.59. The number of nitriles is 1. The number of benzene rings is 2. The van der Waals surface area contributed by atoms with Crippen molar-refractivity contribution in [1.82, 2.24) is 9.55 Å².